The summed E-state index contributed by atoms with van der Waals surface area (Å²) in [5.41, 5.74) is 6.56. The molecule has 1 aromatic heterocycles. The average molecular weight is 230 g/mol. The van der Waals surface area contributed by atoms with Gasteiger partial charge >= 0.3 is 0 Å². The van der Waals surface area contributed by atoms with Crippen LogP contribution in [0.4, 0.5) is 0 Å². The summed E-state index contributed by atoms with van der Waals surface area (Å²) in [6, 6.07) is 4.03. The normalized spacial score (nSPS) is 30.9. The van der Waals surface area contributed by atoms with Gasteiger partial charge in [-0.05, 0) is 30.4 Å². The van der Waals surface area contributed by atoms with Crippen molar-refractivity contribution in [1.82, 2.24) is 0 Å². The highest BCUT2D eigenvalue weighted by atomic mass is 35.5. The molecule has 1 heterocycles. The molecule has 0 spiro atoms. The first-order valence-electron chi connectivity index (χ1n) is 5.00. The van der Waals surface area contributed by atoms with E-state index in [1.54, 1.807) is 11.3 Å². The molecule has 0 saturated heterocycles. The molecule has 1 atom stereocenters. The summed E-state index contributed by atoms with van der Waals surface area (Å²) in [6.45, 7) is 4.52. The summed E-state index contributed by atoms with van der Waals surface area (Å²) in [5, 5.41) is 0. The molecule has 14 heavy (non-hydrogen) atoms. The van der Waals surface area contributed by atoms with Crippen LogP contribution in [0.25, 0.3) is 0 Å². The molecule has 2 rings (SSSR count). The van der Waals surface area contributed by atoms with E-state index in [2.05, 4.69) is 19.9 Å². The predicted molar refractivity (Wildman–Crippen MR) is 62.8 cm³/mol. The number of thiophene rings is 1. The molecule has 0 aromatic carbocycles. The molecule has 0 aliphatic heterocycles. The highest BCUT2D eigenvalue weighted by Crippen LogP contribution is 2.52. The lowest BCUT2D eigenvalue weighted by Crippen LogP contribution is -2.45. The zero-order valence-corrected chi connectivity index (χ0v) is 10.2. The van der Waals surface area contributed by atoms with Crippen LogP contribution in [0.1, 0.15) is 38.0 Å². The van der Waals surface area contributed by atoms with Gasteiger partial charge in [0.2, 0.25) is 0 Å². The third-order valence-corrected chi connectivity index (χ3v) is 5.00. The first-order chi connectivity index (χ1) is 6.46. The Morgan fingerprint density at radius 3 is 2.50 bits per heavy atom. The van der Waals surface area contributed by atoms with Crippen molar-refractivity contribution in [1.29, 1.82) is 0 Å². The molecule has 1 unspecified atom stereocenters. The first-order valence-corrected chi connectivity index (χ1v) is 6.20. The minimum atomic E-state index is -0.162. The van der Waals surface area contributed by atoms with Crippen molar-refractivity contribution in [3.05, 3.63) is 21.3 Å². The van der Waals surface area contributed by atoms with Crippen LogP contribution in [0.2, 0.25) is 4.34 Å². The van der Waals surface area contributed by atoms with Gasteiger partial charge in [-0.2, -0.15) is 0 Å². The Morgan fingerprint density at radius 2 is 2.07 bits per heavy atom. The largest absolute Gasteiger partial charge is 0.320 e. The molecule has 78 valence electrons. The second-order valence-corrected chi connectivity index (χ2v) is 6.53. The Kier molecular flexibility index (Phi) is 2.41. The zero-order valence-electron chi connectivity index (χ0n) is 8.64. The van der Waals surface area contributed by atoms with Gasteiger partial charge < -0.3 is 5.73 Å². The van der Waals surface area contributed by atoms with Crippen molar-refractivity contribution >= 4 is 22.9 Å². The molecule has 1 aliphatic carbocycles. The van der Waals surface area contributed by atoms with E-state index in [0.717, 1.165) is 10.8 Å². The topological polar surface area (TPSA) is 26.0 Å². The van der Waals surface area contributed by atoms with E-state index < -0.39 is 0 Å². The smallest absolute Gasteiger partial charge is 0.0931 e. The fourth-order valence-electron chi connectivity index (χ4n) is 2.38. The zero-order chi connectivity index (χ0) is 10.4. The van der Waals surface area contributed by atoms with Crippen molar-refractivity contribution in [2.24, 2.45) is 11.1 Å². The lowest BCUT2D eigenvalue weighted by Gasteiger charge is -2.37. The molecule has 1 aromatic rings. The Morgan fingerprint density at radius 1 is 1.36 bits per heavy atom. The molecule has 1 nitrogen and oxygen atoms in total. The standard InChI is InChI=1S/C11H16ClNS/c1-10(2)6-3-7-11(10,13)8-4-5-9(12)14-8/h4-5H,3,6-7,13H2,1-2H3. The van der Waals surface area contributed by atoms with Gasteiger partial charge in [0.1, 0.15) is 0 Å². The van der Waals surface area contributed by atoms with E-state index in [-0.39, 0.29) is 11.0 Å². The lowest BCUT2D eigenvalue weighted by molar-refractivity contribution is 0.214. The number of halogens is 1. The van der Waals surface area contributed by atoms with E-state index in [1.165, 1.54) is 17.7 Å². The van der Waals surface area contributed by atoms with Crippen LogP contribution in [0, 0.1) is 5.41 Å². The van der Waals surface area contributed by atoms with Crippen LogP contribution in [0.15, 0.2) is 12.1 Å². The molecular formula is C11H16ClNS. The predicted octanol–water partition coefficient (Wildman–Crippen LogP) is 3.77. The Hall–Kier alpha value is -0.0500. The quantitative estimate of drug-likeness (QED) is 0.780. The Labute approximate surface area is 94.3 Å². The molecule has 0 radical (unpaired) electrons. The number of rotatable bonds is 1. The van der Waals surface area contributed by atoms with Crippen molar-refractivity contribution in [2.75, 3.05) is 0 Å². The number of hydrogen-bond acceptors (Lipinski definition) is 2. The lowest BCUT2D eigenvalue weighted by atomic mass is 9.75. The average Bonchev–Trinajstić information content (AvgIpc) is 2.60. The van der Waals surface area contributed by atoms with Gasteiger partial charge in [-0.3, -0.25) is 0 Å². The maximum absolute atomic E-state index is 6.52. The fraction of sp³-hybridized carbons (Fsp3) is 0.636. The minimum absolute atomic E-state index is 0.162. The van der Waals surface area contributed by atoms with Crippen molar-refractivity contribution < 1.29 is 0 Å². The molecule has 3 heteroatoms. The maximum Gasteiger partial charge on any atom is 0.0931 e. The minimum Gasteiger partial charge on any atom is -0.320 e. The SMILES string of the molecule is CC1(C)CCCC1(N)c1ccc(Cl)s1. The summed E-state index contributed by atoms with van der Waals surface area (Å²) >= 11 is 7.58. The van der Waals surface area contributed by atoms with Crippen LogP contribution >= 0.6 is 22.9 Å². The fourth-order valence-corrected chi connectivity index (χ4v) is 3.74. The third-order valence-electron chi connectivity index (χ3n) is 3.59. The highest BCUT2D eigenvalue weighted by molar-refractivity contribution is 7.16. The summed E-state index contributed by atoms with van der Waals surface area (Å²) in [7, 11) is 0. The molecule has 0 bridgehead atoms. The van der Waals surface area contributed by atoms with E-state index in [0.29, 0.717) is 0 Å². The van der Waals surface area contributed by atoms with Crippen molar-refractivity contribution in [2.45, 2.75) is 38.6 Å². The van der Waals surface area contributed by atoms with Gasteiger partial charge in [-0.25, -0.2) is 0 Å². The molecule has 1 aliphatic rings. The van der Waals surface area contributed by atoms with E-state index in [4.69, 9.17) is 17.3 Å². The van der Waals surface area contributed by atoms with Crippen molar-refractivity contribution in [3.8, 4) is 0 Å². The summed E-state index contributed by atoms with van der Waals surface area (Å²) in [6.07, 6.45) is 3.51. The van der Waals surface area contributed by atoms with E-state index in [1.807, 2.05) is 6.07 Å². The van der Waals surface area contributed by atoms with E-state index >= 15 is 0 Å². The van der Waals surface area contributed by atoms with E-state index in [9.17, 15) is 0 Å². The number of nitrogens with two attached hydrogens (primary N) is 1. The molecule has 1 fully saturated rings. The van der Waals surface area contributed by atoms with Gasteiger partial charge in [-0.1, -0.05) is 31.9 Å². The van der Waals surface area contributed by atoms with Gasteiger partial charge in [0.25, 0.3) is 0 Å². The summed E-state index contributed by atoms with van der Waals surface area (Å²) in [5.74, 6) is 0. The molecule has 2 N–H and O–H groups in total. The van der Waals surface area contributed by atoms with Crippen LogP contribution in [0.5, 0.6) is 0 Å². The molecular weight excluding hydrogens is 214 g/mol. The Balaban J connectivity index is 2.41. The van der Waals surface area contributed by atoms with Crippen LogP contribution in [-0.4, -0.2) is 0 Å². The second kappa shape index (κ2) is 3.22. The highest BCUT2D eigenvalue weighted by Gasteiger charge is 2.47. The molecule has 1 saturated carbocycles. The van der Waals surface area contributed by atoms with Gasteiger partial charge in [-0.15, -0.1) is 11.3 Å². The summed E-state index contributed by atoms with van der Waals surface area (Å²) in [4.78, 5) is 1.24. The maximum atomic E-state index is 6.52. The monoisotopic (exact) mass is 229 g/mol. The van der Waals surface area contributed by atoms with Gasteiger partial charge in [0, 0.05) is 4.88 Å². The Bertz CT molecular complexity index is 345. The second-order valence-electron chi connectivity index (χ2n) is 4.81. The van der Waals surface area contributed by atoms with Gasteiger partial charge in [0.15, 0.2) is 0 Å². The van der Waals surface area contributed by atoms with Gasteiger partial charge in [0.05, 0.1) is 9.88 Å². The first kappa shape index (κ1) is 10.5. The van der Waals surface area contributed by atoms with Crippen LogP contribution in [-0.2, 0) is 5.54 Å². The van der Waals surface area contributed by atoms with Crippen LogP contribution in [0.3, 0.4) is 0 Å². The third kappa shape index (κ3) is 1.40. The number of hydrogen-bond donors (Lipinski definition) is 1. The summed E-state index contributed by atoms with van der Waals surface area (Å²) < 4.78 is 0.840. The molecule has 0 amide bonds. The van der Waals surface area contributed by atoms with Crippen LogP contribution < -0.4 is 5.73 Å². The van der Waals surface area contributed by atoms with Crippen molar-refractivity contribution in [3.63, 3.8) is 0 Å².